The van der Waals surface area contributed by atoms with Gasteiger partial charge < -0.3 is 13.3 Å². The first kappa shape index (κ1) is 18.0. The average Bonchev–Trinajstić information content (AvgIpc) is 3.37. The minimum absolute atomic E-state index is 0.0932. The van der Waals surface area contributed by atoms with Crippen molar-refractivity contribution in [2.75, 3.05) is 5.75 Å². The van der Waals surface area contributed by atoms with E-state index < -0.39 is 10.7 Å². The molecule has 11 heteroatoms. The van der Waals surface area contributed by atoms with Gasteiger partial charge in [0.2, 0.25) is 0 Å². The second-order valence-corrected chi connectivity index (χ2v) is 6.94. The molecule has 4 rings (SSSR count). The number of aryl methyl sites for hydroxylation is 2. The summed E-state index contributed by atoms with van der Waals surface area (Å²) in [6.45, 7) is 2.16. The van der Waals surface area contributed by atoms with E-state index >= 15 is 0 Å². The van der Waals surface area contributed by atoms with Crippen LogP contribution in [-0.4, -0.2) is 25.4 Å². The van der Waals surface area contributed by atoms with Crippen molar-refractivity contribution in [2.24, 2.45) is 0 Å². The van der Waals surface area contributed by atoms with Crippen molar-refractivity contribution in [3.05, 3.63) is 57.0 Å². The molecule has 0 aliphatic heterocycles. The van der Waals surface area contributed by atoms with Crippen LogP contribution in [0, 0.1) is 17.0 Å². The van der Waals surface area contributed by atoms with Gasteiger partial charge in [0.15, 0.2) is 5.58 Å². The summed E-state index contributed by atoms with van der Waals surface area (Å²) in [6, 6.07) is 5.83. The molecule has 0 saturated carbocycles. The van der Waals surface area contributed by atoms with Gasteiger partial charge in [0, 0.05) is 24.4 Å². The van der Waals surface area contributed by atoms with Crippen LogP contribution >= 0.6 is 11.8 Å². The highest BCUT2D eigenvalue weighted by Gasteiger charge is 2.15. The lowest BCUT2D eigenvalue weighted by Gasteiger charge is -2.01. The molecular formula is C17H14N4O6S. The van der Waals surface area contributed by atoms with Crippen LogP contribution in [0.4, 0.5) is 5.69 Å². The second-order valence-electron chi connectivity index (χ2n) is 5.89. The van der Waals surface area contributed by atoms with Gasteiger partial charge in [-0.05, 0) is 25.5 Å². The van der Waals surface area contributed by atoms with Gasteiger partial charge in [0.1, 0.15) is 5.76 Å². The number of hydrogen-bond donors (Lipinski definition) is 0. The van der Waals surface area contributed by atoms with E-state index in [1.807, 2.05) is 6.92 Å². The molecule has 28 heavy (non-hydrogen) atoms. The highest BCUT2D eigenvalue weighted by Crippen LogP contribution is 2.27. The van der Waals surface area contributed by atoms with Crippen molar-refractivity contribution in [1.82, 2.24) is 14.8 Å². The van der Waals surface area contributed by atoms with Gasteiger partial charge in [-0.25, -0.2) is 4.79 Å². The zero-order valence-corrected chi connectivity index (χ0v) is 15.5. The third-order valence-electron chi connectivity index (χ3n) is 4.11. The van der Waals surface area contributed by atoms with E-state index in [1.54, 1.807) is 12.3 Å². The van der Waals surface area contributed by atoms with E-state index in [9.17, 15) is 14.9 Å². The highest BCUT2D eigenvalue weighted by atomic mass is 32.2. The number of non-ortho nitro benzene ring substituents is 1. The first-order chi connectivity index (χ1) is 13.5. The second kappa shape index (κ2) is 7.35. The Morgan fingerprint density at radius 2 is 2.11 bits per heavy atom. The summed E-state index contributed by atoms with van der Waals surface area (Å²) in [6.07, 6.45) is 2.16. The first-order valence-electron chi connectivity index (χ1n) is 8.31. The van der Waals surface area contributed by atoms with E-state index in [2.05, 4.69) is 10.2 Å². The molecule has 0 atom stereocenters. The molecule has 0 fully saturated rings. The van der Waals surface area contributed by atoms with E-state index in [-0.39, 0.29) is 5.69 Å². The molecule has 0 radical (unpaired) electrons. The number of aromatic nitrogens is 3. The van der Waals surface area contributed by atoms with Gasteiger partial charge in [0.25, 0.3) is 16.8 Å². The Balaban J connectivity index is 1.41. The lowest BCUT2D eigenvalue weighted by atomic mass is 10.3. The van der Waals surface area contributed by atoms with Crippen LogP contribution in [-0.2, 0) is 6.54 Å². The lowest BCUT2D eigenvalue weighted by Crippen LogP contribution is -2.14. The normalized spacial score (nSPS) is 11.3. The Labute approximate surface area is 161 Å². The molecule has 0 aliphatic rings. The van der Waals surface area contributed by atoms with Crippen LogP contribution in [0.2, 0.25) is 0 Å². The fraction of sp³-hybridized carbons (Fsp3) is 0.235. The first-order valence-corrected chi connectivity index (χ1v) is 9.30. The average molecular weight is 402 g/mol. The Hall–Kier alpha value is -3.34. The number of rotatable bonds is 7. The van der Waals surface area contributed by atoms with Crippen LogP contribution in [0.5, 0.6) is 0 Å². The fourth-order valence-corrected chi connectivity index (χ4v) is 3.43. The maximum absolute atomic E-state index is 12.0. The van der Waals surface area contributed by atoms with Crippen LogP contribution in [0.1, 0.15) is 12.2 Å². The minimum atomic E-state index is -0.545. The molecule has 3 heterocycles. The van der Waals surface area contributed by atoms with E-state index in [4.69, 9.17) is 13.3 Å². The molecule has 0 aliphatic carbocycles. The van der Waals surface area contributed by atoms with E-state index in [1.165, 1.54) is 34.5 Å². The van der Waals surface area contributed by atoms with Gasteiger partial charge in [-0.2, -0.15) is 0 Å². The molecular weight excluding hydrogens is 388 g/mol. The zero-order valence-electron chi connectivity index (χ0n) is 14.7. The Morgan fingerprint density at radius 1 is 1.25 bits per heavy atom. The Bertz CT molecular complexity index is 1200. The standard InChI is InChI=1S/C17H14N4O6S/c1-10-12(5-7-25-10)15-18-19-16(27-15)28-8-2-6-20-13-9-11(21(23)24)3-4-14(13)26-17(20)22/h3-5,7,9H,2,6,8H2,1H3. The summed E-state index contributed by atoms with van der Waals surface area (Å²) in [5.74, 6) is 1.15. The van der Waals surface area contributed by atoms with Crippen LogP contribution in [0.3, 0.4) is 0 Å². The molecule has 1 aromatic carbocycles. The third kappa shape index (κ3) is 3.43. The predicted octanol–water partition coefficient (Wildman–Crippen LogP) is 3.64. The predicted molar refractivity (Wildman–Crippen MR) is 99.2 cm³/mol. The highest BCUT2D eigenvalue weighted by molar-refractivity contribution is 7.99. The number of nitrogens with zero attached hydrogens (tertiary/aromatic N) is 4. The van der Waals surface area contributed by atoms with E-state index in [0.29, 0.717) is 46.7 Å². The molecule has 0 bridgehead atoms. The number of fused-ring (bicyclic) bond motifs is 1. The molecule has 10 nitrogen and oxygen atoms in total. The number of hydrogen-bond acceptors (Lipinski definition) is 9. The van der Waals surface area contributed by atoms with Crippen molar-refractivity contribution in [3.63, 3.8) is 0 Å². The third-order valence-corrected chi connectivity index (χ3v) is 5.01. The maximum Gasteiger partial charge on any atom is 0.419 e. The summed E-state index contributed by atoms with van der Waals surface area (Å²) >= 11 is 1.36. The van der Waals surface area contributed by atoms with Crippen molar-refractivity contribution in [2.45, 2.75) is 25.1 Å². The molecule has 0 N–H and O–H groups in total. The van der Waals surface area contributed by atoms with Gasteiger partial charge >= 0.3 is 5.76 Å². The van der Waals surface area contributed by atoms with Gasteiger partial charge in [-0.15, -0.1) is 10.2 Å². The van der Waals surface area contributed by atoms with Crippen LogP contribution < -0.4 is 5.76 Å². The van der Waals surface area contributed by atoms with Crippen LogP contribution in [0.25, 0.3) is 22.6 Å². The SMILES string of the molecule is Cc1occc1-c1nnc(SCCCn2c(=O)oc3ccc([N+](=O)[O-])cc32)o1. The summed E-state index contributed by atoms with van der Waals surface area (Å²) in [7, 11) is 0. The van der Waals surface area contributed by atoms with Crippen molar-refractivity contribution in [3.8, 4) is 11.5 Å². The van der Waals surface area contributed by atoms with Crippen molar-refractivity contribution in [1.29, 1.82) is 0 Å². The lowest BCUT2D eigenvalue weighted by molar-refractivity contribution is -0.384. The quantitative estimate of drug-likeness (QED) is 0.197. The largest absolute Gasteiger partial charge is 0.469 e. The summed E-state index contributed by atoms with van der Waals surface area (Å²) in [5, 5.41) is 19.3. The number of nitro benzene ring substituents is 1. The summed E-state index contributed by atoms with van der Waals surface area (Å²) in [5.41, 5.74) is 1.38. The molecule has 0 spiro atoms. The molecule has 0 saturated heterocycles. The topological polar surface area (TPSA) is 130 Å². The van der Waals surface area contributed by atoms with Crippen LogP contribution in [0.15, 0.2) is 53.8 Å². The maximum atomic E-state index is 12.0. The number of oxazole rings is 1. The smallest absolute Gasteiger partial charge is 0.419 e. The number of benzene rings is 1. The Kier molecular flexibility index (Phi) is 4.74. The van der Waals surface area contributed by atoms with Gasteiger partial charge in [-0.3, -0.25) is 14.7 Å². The molecule has 3 aromatic heterocycles. The molecule has 144 valence electrons. The Morgan fingerprint density at radius 3 is 2.86 bits per heavy atom. The fourth-order valence-electron chi connectivity index (χ4n) is 2.74. The number of furan rings is 1. The zero-order chi connectivity index (χ0) is 19.7. The summed E-state index contributed by atoms with van der Waals surface area (Å²) < 4.78 is 17.3. The molecule has 0 amide bonds. The number of nitro groups is 1. The van der Waals surface area contributed by atoms with Gasteiger partial charge in [0.05, 0.1) is 22.3 Å². The van der Waals surface area contributed by atoms with E-state index in [0.717, 1.165) is 5.56 Å². The molecule has 4 aromatic rings. The minimum Gasteiger partial charge on any atom is -0.469 e. The van der Waals surface area contributed by atoms with Gasteiger partial charge in [-0.1, -0.05) is 11.8 Å². The molecule has 0 unspecified atom stereocenters. The number of thioether (sulfide) groups is 1. The summed E-state index contributed by atoms with van der Waals surface area (Å²) in [4.78, 5) is 22.5. The monoisotopic (exact) mass is 402 g/mol. The van der Waals surface area contributed by atoms with Crippen molar-refractivity contribution < 1.29 is 18.2 Å². The van der Waals surface area contributed by atoms with Crippen molar-refractivity contribution >= 4 is 28.5 Å².